The van der Waals surface area contributed by atoms with Crippen molar-refractivity contribution in [1.29, 1.82) is 0 Å². The van der Waals surface area contributed by atoms with Gasteiger partial charge in [-0.25, -0.2) is 4.68 Å². The zero-order valence-corrected chi connectivity index (χ0v) is 17.6. The number of methoxy groups -OCH3 is 1. The second-order valence-electron chi connectivity index (χ2n) is 7.98. The van der Waals surface area contributed by atoms with Gasteiger partial charge in [-0.15, -0.1) is 0 Å². The van der Waals surface area contributed by atoms with Crippen LogP contribution in [-0.4, -0.2) is 27.2 Å². The minimum absolute atomic E-state index is 0.0295. The predicted octanol–water partition coefficient (Wildman–Crippen LogP) is 3.16. The van der Waals surface area contributed by atoms with Crippen molar-refractivity contribution >= 4 is 22.3 Å². The molecule has 5 rings (SSSR count). The van der Waals surface area contributed by atoms with E-state index in [-0.39, 0.29) is 24.1 Å². The normalized spacial score (nSPS) is 15.7. The number of carbonyl (C=O) groups is 1. The van der Waals surface area contributed by atoms with Gasteiger partial charge >= 0.3 is 0 Å². The van der Waals surface area contributed by atoms with Crippen molar-refractivity contribution in [1.82, 2.24) is 19.5 Å². The van der Waals surface area contributed by atoms with Crippen molar-refractivity contribution in [3.63, 3.8) is 0 Å². The largest absolute Gasteiger partial charge is 0.496 e. The van der Waals surface area contributed by atoms with Gasteiger partial charge in [0, 0.05) is 5.39 Å². The first kappa shape index (κ1) is 19.4. The monoisotopic (exact) mass is 416 g/mol. The highest BCUT2D eigenvalue weighted by Crippen LogP contribution is 2.30. The summed E-state index contributed by atoms with van der Waals surface area (Å²) in [6.45, 7) is 1.71. The van der Waals surface area contributed by atoms with Gasteiger partial charge < -0.3 is 10.1 Å². The van der Waals surface area contributed by atoms with Gasteiger partial charge in [0.25, 0.3) is 5.56 Å². The Morgan fingerprint density at radius 1 is 1.19 bits per heavy atom. The van der Waals surface area contributed by atoms with Crippen LogP contribution >= 0.6 is 0 Å². The van der Waals surface area contributed by atoms with Gasteiger partial charge in [-0.3, -0.25) is 14.0 Å². The fraction of sp³-hybridized carbons (Fsp3) is 0.292. The van der Waals surface area contributed by atoms with Crippen LogP contribution in [0.25, 0.3) is 16.4 Å². The van der Waals surface area contributed by atoms with Crippen molar-refractivity contribution in [3.8, 4) is 5.75 Å². The van der Waals surface area contributed by atoms with E-state index in [0.717, 1.165) is 30.2 Å². The topological polar surface area (TPSA) is 77.6 Å². The van der Waals surface area contributed by atoms with Gasteiger partial charge in [0.15, 0.2) is 0 Å². The fourth-order valence-corrected chi connectivity index (χ4v) is 4.67. The first-order valence-electron chi connectivity index (χ1n) is 10.5. The number of hydrogen-bond acceptors (Lipinski definition) is 4. The predicted molar refractivity (Wildman–Crippen MR) is 119 cm³/mol. The molecule has 158 valence electrons. The maximum Gasteiger partial charge on any atom is 0.291 e. The maximum absolute atomic E-state index is 13.1. The molecule has 0 aliphatic heterocycles. The molecule has 2 aromatic carbocycles. The summed E-state index contributed by atoms with van der Waals surface area (Å²) >= 11 is 0. The Bertz CT molecular complexity index is 1370. The standard InChI is InChI=1S/C24H24N4O3/c1-15-26-27(14-23(29)25-19-10-5-8-16-7-3-4-9-17(16)19)24(30)21-13-18-20(28(15)21)11-6-12-22(18)31-2/h3-4,6-7,9,11-13,19H,5,8,10,14H2,1-2H3,(H,25,29)/t19-/m0/s1. The summed E-state index contributed by atoms with van der Waals surface area (Å²) in [5.41, 5.74) is 3.47. The van der Waals surface area contributed by atoms with Crippen LogP contribution in [0.1, 0.15) is 35.8 Å². The van der Waals surface area contributed by atoms with E-state index in [0.29, 0.717) is 17.1 Å². The lowest BCUT2D eigenvalue weighted by Gasteiger charge is -2.26. The molecule has 2 heterocycles. The molecule has 1 atom stereocenters. The number of hydrogen-bond donors (Lipinski definition) is 1. The van der Waals surface area contributed by atoms with Gasteiger partial charge in [0.05, 0.1) is 18.7 Å². The highest BCUT2D eigenvalue weighted by Gasteiger charge is 2.22. The van der Waals surface area contributed by atoms with Gasteiger partial charge in [0.2, 0.25) is 5.91 Å². The van der Waals surface area contributed by atoms with Crippen LogP contribution in [0.3, 0.4) is 0 Å². The van der Waals surface area contributed by atoms with E-state index >= 15 is 0 Å². The van der Waals surface area contributed by atoms with Gasteiger partial charge in [0.1, 0.15) is 23.6 Å². The van der Waals surface area contributed by atoms with Crippen molar-refractivity contribution in [3.05, 3.63) is 75.8 Å². The third kappa shape index (κ3) is 3.26. The van der Waals surface area contributed by atoms with E-state index in [1.165, 1.54) is 15.8 Å². The van der Waals surface area contributed by atoms with Crippen LogP contribution in [0, 0.1) is 6.92 Å². The average molecular weight is 416 g/mol. The van der Waals surface area contributed by atoms with E-state index in [1.54, 1.807) is 13.2 Å². The quantitative estimate of drug-likeness (QED) is 0.554. The van der Waals surface area contributed by atoms with Crippen LogP contribution in [0.4, 0.5) is 0 Å². The molecule has 0 saturated carbocycles. The summed E-state index contributed by atoms with van der Waals surface area (Å²) in [5, 5.41) is 8.36. The lowest BCUT2D eigenvalue weighted by Crippen LogP contribution is -2.37. The minimum Gasteiger partial charge on any atom is -0.496 e. The summed E-state index contributed by atoms with van der Waals surface area (Å²) in [5.74, 6) is 1.11. The molecule has 4 aromatic rings. The number of nitrogens with one attached hydrogen (secondary N) is 1. The number of ether oxygens (including phenoxy) is 1. The van der Waals surface area contributed by atoms with Crippen molar-refractivity contribution in [2.45, 2.75) is 38.8 Å². The summed E-state index contributed by atoms with van der Waals surface area (Å²) in [4.78, 5) is 26.0. The molecular weight excluding hydrogens is 392 g/mol. The lowest BCUT2D eigenvalue weighted by atomic mass is 9.88. The number of rotatable bonds is 4. The molecule has 0 spiro atoms. The number of carbonyl (C=O) groups excluding carboxylic acids is 1. The number of benzene rings is 2. The van der Waals surface area contributed by atoms with Crippen molar-refractivity contribution in [2.24, 2.45) is 0 Å². The summed E-state index contributed by atoms with van der Waals surface area (Å²) in [6.07, 6.45) is 2.96. The number of nitrogens with zero attached hydrogens (tertiary/aromatic N) is 3. The minimum atomic E-state index is -0.303. The fourth-order valence-electron chi connectivity index (χ4n) is 4.67. The maximum atomic E-state index is 13.1. The van der Waals surface area contributed by atoms with E-state index in [4.69, 9.17) is 4.74 Å². The van der Waals surface area contributed by atoms with Gasteiger partial charge in [-0.2, -0.15) is 5.10 Å². The van der Waals surface area contributed by atoms with E-state index in [2.05, 4.69) is 22.5 Å². The van der Waals surface area contributed by atoms with Crippen LogP contribution in [0.5, 0.6) is 5.75 Å². The Morgan fingerprint density at radius 2 is 2.03 bits per heavy atom. The Kier molecular flexibility index (Phi) is 4.73. The molecule has 0 unspecified atom stereocenters. The molecule has 1 aliphatic rings. The molecule has 0 saturated heterocycles. The smallest absolute Gasteiger partial charge is 0.291 e. The summed E-state index contributed by atoms with van der Waals surface area (Å²) < 4.78 is 8.50. The Hall–Kier alpha value is -3.61. The summed E-state index contributed by atoms with van der Waals surface area (Å²) in [6, 6.07) is 15.7. The summed E-state index contributed by atoms with van der Waals surface area (Å²) in [7, 11) is 1.61. The highest BCUT2D eigenvalue weighted by atomic mass is 16.5. The first-order valence-corrected chi connectivity index (χ1v) is 10.5. The number of fused-ring (bicyclic) bond motifs is 4. The van der Waals surface area contributed by atoms with Crippen LogP contribution in [0.2, 0.25) is 0 Å². The molecule has 2 aromatic heterocycles. The number of aromatic nitrogens is 3. The van der Waals surface area contributed by atoms with E-state index in [1.807, 2.05) is 41.7 Å². The highest BCUT2D eigenvalue weighted by molar-refractivity contribution is 5.92. The van der Waals surface area contributed by atoms with Crippen molar-refractivity contribution in [2.75, 3.05) is 7.11 Å². The SMILES string of the molecule is COc1cccc2c1cc1c(=O)n(CC(=O)N[C@H]3CCCc4ccccc43)nc(C)n12. The molecule has 1 amide bonds. The molecule has 7 nitrogen and oxygen atoms in total. The lowest BCUT2D eigenvalue weighted by molar-refractivity contribution is -0.122. The zero-order chi connectivity index (χ0) is 21.5. The Balaban J connectivity index is 1.47. The van der Waals surface area contributed by atoms with Gasteiger partial charge in [-0.1, -0.05) is 30.3 Å². The molecule has 1 N–H and O–H groups in total. The third-order valence-corrected chi connectivity index (χ3v) is 6.07. The number of amides is 1. The zero-order valence-electron chi connectivity index (χ0n) is 17.6. The van der Waals surface area contributed by atoms with Crippen LogP contribution in [-0.2, 0) is 17.8 Å². The van der Waals surface area contributed by atoms with E-state index in [9.17, 15) is 9.59 Å². The average Bonchev–Trinajstić information content (AvgIpc) is 3.18. The Morgan fingerprint density at radius 3 is 2.87 bits per heavy atom. The molecule has 0 radical (unpaired) electrons. The Labute approximate surface area is 179 Å². The second kappa shape index (κ2) is 7.58. The van der Waals surface area contributed by atoms with Gasteiger partial charge in [-0.05, 0) is 55.5 Å². The molecule has 1 aliphatic carbocycles. The van der Waals surface area contributed by atoms with Crippen molar-refractivity contribution < 1.29 is 9.53 Å². The molecule has 0 fully saturated rings. The second-order valence-corrected chi connectivity index (χ2v) is 7.98. The third-order valence-electron chi connectivity index (χ3n) is 6.07. The van der Waals surface area contributed by atoms with Crippen LogP contribution in [0.15, 0.2) is 53.3 Å². The molecular formula is C24H24N4O3. The molecule has 0 bridgehead atoms. The first-order chi connectivity index (χ1) is 15.1. The molecule has 31 heavy (non-hydrogen) atoms. The number of aryl methyl sites for hydroxylation is 2. The van der Waals surface area contributed by atoms with Crippen LogP contribution < -0.4 is 15.6 Å². The van der Waals surface area contributed by atoms with E-state index < -0.39 is 0 Å². The molecule has 7 heteroatoms.